The normalized spacial score (nSPS) is 18.2. The Balaban J connectivity index is 1.51. The van der Waals surface area contributed by atoms with Gasteiger partial charge in [0.2, 0.25) is 0 Å². The molecule has 3 nitrogen and oxygen atoms in total. The highest BCUT2D eigenvalue weighted by molar-refractivity contribution is 5.47. The maximum Gasteiger partial charge on any atom is 0.127 e. The molecular weight excluding hydrogens is 260 g/mol. The molecule has 2 aromatic carbocycles. The zero-order valence-electron chi connectivity index (χ0n) is 12.2. The lowest BCUT2D eigenvalue weighted by molar-refractivity contribution is 0.414. The Morgan fingerprint density at radius 3 is 2.43 bits per heavy atom. The largest absolute Gasteiger partial charge is 0.457 e. The quantitative estimate of drug-likeness (QED) is 0.868. The van der Waals surface area contributed by atoms with Crippen LogP contribution in [0.5, 0.6) is 11.5 Å². The predicted molar refractivity (Wildman–Crippen MR) is 87.1 cm³/mol. The Kier molecular flexibility index (Phi) is 4.74. The summed E-state index contributed by atoms with van der Waals surface area (Å²) in [5.41, 5.74) is 1.14. The summed E-state index contributed by atoms with van der Waals surface area (Å²) in [6.07, 6.45) is 3.91. The molecule has 2 N–H and O–H groups in total. The van der Waals surface area contributed by atoms with Crippen molar-refractivity contribution in [2.24, 2.45) is 0 Å². The third kappa shape index (κ3) is 4.23. The van der Waals surface area contributed by atoms with Crippen LogP contribution in [-0.4, -0.2) is 19.1 Å². The van der Waals surface area contributed by atoms with Crippen LogP contribution in [0.25, 0.3) is 0 Å². The first-order valence-electron chi connectivity index (χ1n) is 7.70. The van der Waals surface area contributed by atoms with Gasteiger partial charge in [0, 0.05) is 18.3 Å². The van der Waals surface area contributed by atoms with Gasteiger partial charge in [-0.1, -0.05) is 24.6 Å². The van der Waals surface area contributed by atoms with E-state index in [1.165, 1.54) is 19.3 Å². The van der Waals surface area contributed by atoms with Crippen molar-refractivity contribution in [3.8, 4) is 11.5 Å². The van der Waals surface area contributed by atoms with E-state index in [1.807, 2.05) is 42.5 Å². The highest BCUT2D eigenvalue weighted by Gasteiger charge is 2.11. The van der Waals surface area contributed by atoms with Gasteiger partial charge in [-0.2, -0.15) is 0 Å². The van der Waals surface area contributed by atoms with Crippen molar-refractivity contribution in [3.05, 3.63) is 54.6 Å². The van der Waals surface area contributed by atoms with Gasteiger partial charge in [-0.05, 0) is 55.8 Å². The Morgan fingerprint density at radius 2 is 1.71 bits per heavy atom. The summed E-state index contributed by atoms with van der Waals surface area (Å²) in [6.45, 7) is 2.13. The molecule has 1 unspecified atom stereocenters. The molecule has 110 valence electrons. The third-order valence-corrected chi connectivity index (χ3v) is 3.80. The number of hydrogen-bond donors (Lipinski definition) is 2. The van der Waals surface area contributed by atoms with Crippen LogP contribution >= 0.6 is 0 Å². The van der Waals surface area contributed by atoms with Gasteiger partial charge in [-0.25, -0.2) is 0 Å². The lowest BCUT2D eigenvalue weighted by Gasteiger charge is -2.24. The lowest BCUT2D eigenvalue weighted by Crippen LogP contribution is -2.39. The monoisotopic (exact) mass is 282 g/mol. The summed E-state index contributed by atoms with van der Waals surface area (Å²) in [6, 6.07) is 18.6. The van der Waals surface area contributed by atoms with Crippen molar-refractivity contribution < 1.29 is 4.74 Å². The van der Waals surface area contributed by atoms with Gasteiger partial charge in [0.05, 0.1) is 0 Å². The number of hydrogen-bond acceptors (Lipinski definition) is 3. The van der Waals surface area contributed by atoms with Gasteiger partial charge in [0.25, 0.3) is 0 Å². The molecule has 3 heteroatoms. The fourth-order valence-corrected chi connectivity index (χ4v) is 2.60. The molecule has 0 saturated carbocycles. The average molecular weight is 282 g/mol. The minimum Gasteiger partial charge on any atom is -0.457 e. The molecule has 0 spiro atoms. The molecule has 3 rings (SSSR count). The van der Waals surface area contributed by atoms with Gasteiger partial charge in [-0.15, -0.1) is 0 Å². The van der Waals surface area contributed by atoms with Crippen LogP contribution in [0.3, 0.4) is 0 Å². The standard InChI is InChI=1S/C18H22N2O/c1-2-7-17(8-3-1)21-18-11-9-15(10-12-18)20-14-16-6-4-5-13-19-16/h1-3,7-12,16,19-20H,4-6,13-14H2. The van der Waals surface area contributed by atoms with Gasteiger partial charge >= 0.3 is 0 Å². The van der Waals surface area contributed by atoms with E-state index < -0.39 is 0 Å². The second-order valence-electron chi connectivity index (χ2n) is 5.47. The molecular formula is C18H22N2O. The highest BCUT2D eigenvalue weighted by Crippen LogP contribution is 2.22. The number of piperidine rings is 1. The molecule has 1 heterocycles. The summed E-state index contributed by atoms with van der Waals surface area (Å²) in [4.78, 5) is 0. The maximum atomic E-state index is 5.79. The van der Waals surface area contributed by atoms with Crippen molar-refractivity contribution in [1.29, 1.82) is 0 Å². The number of ether oxygens (including phenoxy) is 1. The molecule has 2 aromatic rings. The van der Waals surface area contributed by atoms with E-state index in [2.05, 4.69) is 22.8 Å². The fraction of sp³-hybridized carbons (Fsp3) is 0.333. The molecule has 0 amide bonds. The number of anilines is 1. The van der Waals surface area contributed by atoms with Crippen LogP contribution in [0.2, 0.25) is 0 Å². The third-order valence-electron chi connectivity index (χ3n) is 3.80. The molecule has 0 bridgehead atoms. The Morgan fingerprint density at radius 1 is 0.952 bits per heavy atom. The highest BCUT2D eigenvalue weighted by atomic mass is 16.5. The summed E-state index contributed by atoms with van der Waals surface area (Å²) >= 11 is 0. The number of benzene rings is 2. The van der Waals surface area contributed by atoms with E-state index in [-0.39, 0.29) is 0 Å². The minimum atomic E-state index is 0.596. The van der Waals surface area contributed by atoms with Crippen LogP contribution in [0.4, 0.5) is 5.69 Å². The van der Waals surface area contributed by atoms with E-state index in [1.54, 1.807) is 0 Å². The SMILES string of the molecule is c1ccc(Oc2ccc(NCC3CCCCN3)cc2)cc1. The summed E-state index contributed by atoms with van der Waals surface area (Å²) < 4.78 is 5.79. The predicted octanol–water partition coefficient (Wildman–Crippen LogP) is 4.03. The molecule has 0 radical (unpaired) electrons. The molecule has 0 aromatic heterocycles. The zero-order valence-corrected chi connectivity index (χ0v) is 12.2. The van der Waals surface area contributed by atoms with Crippen LogP contribution < -0.4 is 15.4 Å². The lowest BCUT2D eigenvalue weighted by atomic mass is 10.1. The van der Waals surface area contributed by atoms with Gasteiger partial charge in [0.1, 0.15) is 11.5 Å². The second-order valence-corrected chi connectivity index (χ2v) is 5.47. The van der Waals surface area contributed by atoms with Crippen LogP contribution in [0.1, 0.15) is 19.3 Å². The van der Waals surface area contributed by atoms with Gasteiger partial charge < -0.3 is 15.4 Å². The molecule has 1 fully saturated rings. The zero-order chi connectivity index (χ0) is 14.3. The Bertz CT molecular complexity index is 533. The fourth-order valence-electron chi connectivity index (χ4n) is 2.60. The Labute approximate surface area is 126 Å². The van der Waals surface area contributed by atoms with Crippen LogP contribution in [-0.2, 0) is 0 Å². The second kappa shape index (κ2) is 7.14. The van der Waals surface area contributed by atoms with Crippen molar-refractivity contribution in [3.63, 3.8) is 0 Å². The average Bonchev–Trinajstić information content (AvgIpc) is 2.56. The molecule has 0 aliphatic carbocycles. The number of para-hydroxylation sites is 1. The van der Waals surface area contributed by atoms with Crippen molar-refractivity contribution in [1.82, 2.24) is 5.32 Å². The summed E-state index contributed by atoms with van der Waals surface area (Å²) in [5.74, 6) is 1.73. The first-order chi connectivity index (χ1) is 10.4. The molecule has 1 atom stereocenters. The topological polar surface area (TPSA) is 33.3 Å². The van der Waals surface area contributed by atoms with Crippen LogP contribution in [0.15, 0.2) is 54.6 Å². The van der Waals surface area contributed by atoms with Crippen molar-refractivity contribution in [2.45, 2.75) is 25.3 Å². The number of rotatable bonds is 5. The minimum absolute atomic E-state index is 0.596. The molecule has 1 aliphatic rings. The molecule has 1 saturated heterocycles. The molecule has 1 aliphatic heterocycles. The maximum absolute atomic E-state index is 5.79. The van der Waals surface area contributed by atoms with Gasteiger partial charge in [-0.3, -0.25) is 0 Å². The summed E-state index contributed by atoms with van der Waals surface area (Å²) in [7, 11) is 0. The first kappa shape index (κ1) is 14.0. The van der Waals surface area contributed by atoms with E-state index in [0.717, 1.165) is 30.3 Å². The van der Waals surface area contributed by atoms with E-state index >= 15 is 0 Å². The van der Waals surface area contributed by atoms with E-state index in [4.69, 9.17) is 4.74 Å². The number of nitrogens with one attached hydrogen (secondary N) is 2. The van der Waals surface area contributed by atoms with Crippen LogP contribution in [0, 0.1) is 0 Å². The van der Waals surface area contributed by atoms with Crippen molar-refractivity contribution >= 4 is 5.69 Å². The van der Waals surface area contributed by atoms with Crippen molar-refractivity contribution in [2.75, 3.05) is 18.4 Å². The van der Waals surface area contributed by atoms with E-state index in [0.29, 0.717) is 6.04 Å². The smallest absolute Gasteiger partial charge is 0.127 e. The summed E-state index contributed by atoms with van der Waals surface area (Å²) in [5, 5.41) is 7.03. The molecule has 21 heavy (non-hydrogen) atoms. The Hall–Kier alpha value is -2.00. The van der Waals surface area contributed by atoms with E-state index in [9.17, 15) is 0 Å². The first-order valence-corrected chi connectivity index (χ1v) is 7.70. The van der Waals surface area contributed by atoms with Gasteiger partial charge in [0.15, 0.2) is 0 Å².